The zero-order valence-corrected chi connectivity index (χ0v) is 13.0. The van der Waals surface area contributed by atoms with Gasteiger partial charge in [0.1, 0.15) is 11.6 Å². The van der Waals surface area contributed by atoms with Crippen LogP contribution in [0, 0.1) is 5.82 Å². The van der Waals surface area contributed by atoms with Gasteiger partial charge in [-0.2, -0.15) is 0 Å². The smallest absolute Gasteiger partial charge is 0.255 e. The fraction of sp³-hybridized carbons (Fsp3) is 0.467. The number of likely N-dealkylation sites (tertiary alicyclic amines) is 1. The van der Waals surface area contributed by atoms with Crippen LogP contribution >= 0.6 is 15.9 Å². The summed E-state index contributed by atoms with van der Waals surface area (Å²) in [5.74, 6) is -0.428. The molecule has 2 rings (SSSR count). The SMILES string of the molecule is CC(=O)CC1CCCCN1C(=O)c1ccc(F)cc1Br. The van der Waals surface area contributed by atoms with Crippen LogP contribution in [0.15, 0.2) is 22.7 Å². The number of carbonyl (C=O) groups is 2. The van der Waals surface area contributed by atoms with Crippen LogP contribution in [0.3, 0.4) is 0 Å². The van der Waals surface area contributed by atoms with Gasteiger partial charge in [0, 0.05) is 23.5 Å². The van der Waals surface area contributed by atoms with Crippen molar-refractivity contribution in [1.82, 2.24) is 4.90 Å². The summed E-state index contributed by atoms with van der Waals surface area (Å²) in [5, 5.41) is 0. The average molecular weight is 342 g/mol. The van der Waals surface area contributed by atoms with Crippen molar-refractivity contribution >= 4 is 27.6 Å². The van der Waals surface area contributed by atoms with Gasteiger partial charge >= 0.3 is 0 Å². The Bertz CT molecular complexity index is 533. The van der Waals surface area contributed by atoms with Crippen LogP contribution in [0.4, 0.5) is 4.39 Å². The van der Waals surface area contributed by atoms with Crippen LogP contribution in [-0.2, 0) is 4.79 Å². The fourth-order valence-corrected chi connectivity index (χ4v) is 3.15. The maximum atomic E-state index is 13.1. The molecule has 0 saturated carbocycles. The van der Waals surface area contributed by atoms with E-state index in [1.807, 2.05) is 0 Å². The molecule has 5 heteroatoms. The molecule has 1 amide bonds. The number of nitrogens with zero attached hydrogens (tertiary/aromatic N) is 1. The number of hydrogen-bond acceptors (Lipinski definition) is 2. The van der Waals surface area contributed by atoms with E-state index in [0.717, 1.165) is 19.3 Å². The van der Waals surface area contributed by atoms with Crippen LogP contribution in [-0.4, -0.2) is 29.2 Å². The summed E-state index contributed by atoms with van der Waals surface area (Å²) in [6, 6.07) is 4.02. The van der Waals surface area contributed by atoms with Gasteiger partial charge in [-0.15, -0.1) is 0 Å². The van der Waals surface area contributed by atoms with E-state index in [0.29, 0.717) is 23.0 Å². The molecule has 20 heavy (non-hydrogen) atoms. The minimum Gasteiger partial charge on any atom is -0.335 e. The summed E-state index contributed by atoms with van der Waals surface area (Å²) in [6.07, 6.45) is 3.22. The lowest BCUT2D eigenvalue weighted by atomic mass is 9.97. The monoisotopic (exact) mass is 341 g/mol. The quantitative estimate of drug-likeness (QED) is 0.842. The molecule has 1 aromatic rings. The average Bonchev–Trinajstić information content (AvgIpc) is 2.38. The highest BCUT2D eigenvalue weighted by molar-refractivity contribution is 9.10. The van der Waals surface area contributed by atoms with Crippen LogP contribution in [0.1, 0.15) is 43.0 Å². The second-order valence-electron chi connectivity index (χ2n) is 5.18. The molecule has 1 aliphatic rings. The molecule has 0 bridgehead atoms. The molecule has 1 heterocycles. The Morgan fingerprint density at radius 3 is 2.80 bits per heavy atom. The molecule has 0 aromatic heterocycles. The highest BCUT2D eigenvalue weighted by Crippen LogP contribution is 2.25. The molecule has 0 aliphatic carbocycles. The Morgan fingerprint density at radius 2 is 2.15 bits per heavy atom. The largest absolute Gasteiger partial charge is 0.335 e. The molecule has 0 radical (unpaired) electrons. The summed E-state index contributed by atoms with van der Waals surface area (Å²) < 4.78 is 13.6. The molecule has 108 valence electrons. The molecule has 0 N–H and O–H groups in total. The van der Waals surface area contributed by atoms with E-state index in [-0.39, 0.29) is 23.5 Å². The number of rotatable bonds is 3. The minimum absolute atomic E-state index is 0.0364. The Labute approximate surface area is 126 Å². The van der Waals surface area contributed by atoms with E-state index < -0.39 is 0 Å². The number of piperidine rings is 1. The lowest BCUT2D eigenvalue weighted by Gasteiger charge is -2.35. The normalized spacial score (nSPS) is 18.9. The molecule has 0 spiro atoms. The number of halogens is 2. The van der Waals surface area contributed by atoms with Crippen LogP contribution < -0.4 is 0 Å². The van der Waals surface area contributed by atoms with Crippen LogP contribution in [0.2, 0.25) is 0 Å². The van der Waals surface area contributed by atoms with Crippen molar-refractivity contribution in [2.24, 2.45) is 0 Å². The van der Waals surface area contributed by atoms with Gasteiger partial charge in [0.15, 0.2) is 0 Å². The molecule has 3 nitrogen and oxygen atoms in total. The standard InChI is InChI=1S/C15H17BrFNO2/c1-10(19)8-12-4-2-3-7-18(12)15(20)13-6-5-11(17)9-14(13)16/h5-6,9,12H,2-4,7-8H2,1H3. The summed E-state index contributed by atoms with van der Waals surface area (Å²) in [5.41, 5.74) is 0.446. The van der Waals surface area contributed by atoms with E-state index >= 15 is 0 Å². The summed E-state index contributed by atoms with van der Waals surface area (Å²) >= 11 is 3.23. The van der Waals surface area contributed by atoms with Crippen molar-refractivity contribution in [2.75, 3.05) is 6.54 Å². The van der Waals surface area contributed by atoms with Gasteiger partial charge in [-0.3, -0.25) is 9.59 Å². The molecular formula is C15H17BrFNO2. The van der Waals surface area contributed by atoms with Gasteiger partial charge in [-0.05, 0) is 60.3 Å². The highest BCUT2D eigenvalue weighted by atomic mass is 79.9. The fourth-order valence-electron chi connectivity index (χ4n) is 2.63. The first-order valence-electron chi connectivity index (χ1n) is 6.74. The zero-order chi connectivity index (χ0) is 14.7. The van der Waals surface area contributed by atoms with Crippen molar-refractivity contribution in [3.63, 3.8) is 0 Å². The van der Waals surface area contributed by atoms with Gasteiger partial charge < -0.3 is 4.90 Å². The summed E-state index contributed by atoms with van der Waals surface area (Å²) in [7, 11) is 0. The van der Waals surface area contributed by atoms with Crippen molar-refractivity contribution in [3.8, 4) is 0 Å². The first kappa shape index (κ1) is 15.2. The number of amides is 1. The first-order valence-corrected chi connectivity index (χ1v) is 7.54. The summed E-state index contributed by atoms with van der Waals surface area (Å²) in [6.45, 7) is 2.20. The van der Waals surface area contributed by atoms with Crippen LogP contribution in [0.5, 0.6) is 0 Å². The van der Waals surface area contributed by atoms with Gasteiger partial charge in [-0.25, -0.2) is 4.39 Å². The third-order valence-electron chi connectivity index (χ3n) is 3.57. The molecule has 1 saturated heterocycles. The Morgan fingerprint density at radius 1 is 1.40 bits per heavy atom. The second kappa shape index (κ2) is 6.48. The molecule has 1 fully saturated rings. The molecule has 1 atom stereocenters. The second-order valence-corrected chi connectivity index (χ2v) is 6.03. The number of carbonyl (C=O) groups excluding carboxylic acids is 2. The lowest BCUT2D eigenvalue weighted by molar-refractivity contribution is -0.118. The zero-order valence-electron chi connectivity index (χ0n) is 11.4. The Kier molecular flexibility index (Phi) is 4.91. The predicted octanol–water partition coefficient (Wildman–Crippen LogP) is 3.56. The van der Waals surface area contributed by atoms with Crippen molar-refractivity contribution in [2.45, 2.75) is 38.6 Å². The lowest BCUT2D eigenvalue weighted by Crippen LogP contribution is -2.44. The number of ketones is 1. The Balaban J connectivity index is 2.22. The van der Waals surface area contributed by atoms with E-state index in [2.05, 4.69) is 15.9 Å². The topological polar surface area (TPSA) is 37.4 Å². The van der Waals surface area contributed by atoms with Gasteiger partial charge in [0.25, 0.3) is 5.91 Å². The van der Waals surface area contributed by atoms with Crippen molar-refractivity contribution in [1.29, 1.82) is 0 Å². The van der Waals surface area contributed by atoms with E-state index in [9.17, 15) is 14.0 Å². The minimum atomic E-state index is -0.382. The van der Waals surface area contributed by atoms with Crippen molar-refractivity contribution in [3.05, 3.63) is 34.1 Å². The molecular weight excluding hydrogens is 325 g/mol. The molecule has 1 aromatic carbocycles. The third kappa shape index (κ3) is 3.45. The van der Waals surface area contributed by atoms with Crippen molar-refractivity contribution < 1.29 is 14.0 Å². The maximum Gasteiger partial charge on any atom is 0.255 e. The van der Waals surface area contributed by atoms with Crippen LogP contribution in [0.25, 0.3) is 0 Å². The molecule has 1 unspecified atom stereocenters. The summed E-state index contributed by atoms with van der Waals surface area (Å²) in [4.78, 5) is 25.7. The highest BCUT2D eigenvalue weighted by Gasteiger charge is 2.29. The van der Waals surface area contributed by atoms with Gasteiger partial charge in [-0.1, -0.05) is 0 Å². The predicted molar refractivity (Wildman–Crippen MR) is 78.1 cm³/mol. The van der Waals surface area contributed by atoms with E-state index in [1.165, 1.54) is 18.2 Å². The van der Waals surface area contributed by atoms with E-state index in [4.69, 9.17) is 0 Å². The van der Waals surface area contributed by atoms with Gasteiger partial charge in [0.05, 0.1) is 5.56 Å². The number of hydrogen-bond donors (Lipinski definition) is 0. The number of Topliss-reactive ketones (excluding diaryl/α,β-unsaturated/α-hetero) is 1. The Hall–Kier alpha value is -1.23. The van der Waals surface area contributed by atoms with Gasteiger partial charge in [0.2, 0.25) is 0 Å². The molecule has 1 aliphatic heterocycles. The number of benzene rings is 1. The maximum absolute atomic E-state index is 13.1. The third-order valence-corrected chi connectivity index (χ3v) is 4.23. The first-order chi connectivity index (χ1) is 9.49. The van der Waals surface area contributed by atoms with E-state index in [1.54, 1.807) is 11.8 Å².